The van der Waals surface area contributed by atoms with E-state index in [9.17, 15) is 5.11 Å². The van der Waals surface area contributed by atoms with Crippen LogP contribution in [0.5, 0.6) is 5.75 Å². The highest BCUT2D eigenvalue weighted by Crippen LogP contribution is 2.49. The Balaban J connectivity index is 0.00000147. The van der Waals surface area contributed by atoms with Gasteiger partial charge in [-0.25, -0.2) is 0 Å². The molecule has 3 atom stereocenters. The molecule has 2 bridgehead atoms. The Hall–Kier alpha value is -0.990. The number of hydrogen-bond donors (Lipinski definition) is 1. The molecular weight excluding hydrogens is 270 g/mol. The minimum atomic E-state index is 0. The number of nitrogens with zero attached hydrogens (tertiary/aromatic N) is 1. The molecule has 0 saturated carbocycles. The maximum absolute atomic E-state index is 9.80. The van der Waals surface area contributed by atoms with Gasteiger partial charge in [0.2, 0.25) is 0 Å². The van der Waals surface area contributed by atoms with Gasteiger partial charge in [0.05, 0.1) is 0 Å². The van der Waals surface area contributed by atoms with Crippen LogP contribution in [-0.4, -0.2) is 29.1 Å². The van der Waals surface area contributed by atoms with Crippen LogP contribution in [0.1, 0.15) is 31.4 Å². The van der Waals surface area contributed by atoms with Gasteiger partial charge in [-0.15, -0.1) is 19.0 Å². The van der Waals surface area contributed by atoms with Gasteiger partial charge in [-0.05, 0) is 54.0 Å². The SMILES string of the molecule is C=CCN1CC[C@]2(C)c3cc(O)ccc3C[C@H]1[C@H]2C.Cl. The lowest BCUT2D eigenvalue weighted by molar-refractivity contribution is 0.0398. The predicted octanol–water partition coefficient (Wildman–Crippen LogP) is 3.52. The summed E-state index contributed by atoms with van der Waals surface area (Å²) in [5, 5.41) is 9.80. The third-order valence-corrected chi connectivity index (χ3v) is 5.47. The molecule has 1 aromatic carbocycles. The molecule has 110 valence electrons. The van der Waals surface area contributed by atoms with Gasteiger partial charge >= 0.3 is 0 Å². The predicted molar refractivity (Wildman–Crippen MR) is 85.7 cm³/mol. The maximum atomic E-state index is 9.80. The second-order valence-electron chi connectivity index (χ2n) is 6.35. The molecule has 2 aliphatic rings. The van der Waals surface area contributed by atoms with Crippen LogP contribution in [0.15, 0.2) is 30.9 Å². The second-order valence-corrected chi connectivity index (χ2v) is 6.35. The topological polar surface area (TPSA) is 23.5 Å². The van der Waals surface area contributed by atoms with Gasteiger partial charge in [0.1, 0.15) is 5.75 Å². The number of halogens is 1. The first-order chi connectivity index (χ1) is 9.06. The molecule has 1 N–H and O–H groups in total. The van der Waals surface area contributed by atoms with E-state index in [2.05, 4.69) is 31.4 Å². The number of hydrogen-bond acceptors (Lipinski definition) is 2. The van der Waals surface area contributed by atoms with Gasteiger partial charge in [-0.1, -0.05) is 26.0 Å². The van der Waals surface area contributed by atoms with Crippen LogP contribution in [0.3, 0.4) is 0 Å². The summed E-state index contributed by atoms with van der Waals surface area (Å²) >= 11 is 0. The van der Waals surface area contributed by atoms with E-state index in [-0.39, 0.29) is 17.8 Å². The molecule has 3 heteroatoms. The first-order valence-electron chi connectivity index (χ1n) is 7.23. The van der Waals surface area contributed by atoms with E-state index in [1.54, 1.807) is 0 Å². The van der Waals surface area contributed by atoms with E-state index >= 15 is 0 Å². The van der Waals surface area contributed by atoms with E-state index in [1.807, 2.05) is 18.2 Å². The molecule has 1 aromatic rings. The Labute approximate surface area is 127 Å². The summed E-state index contributed by atoms with van der Waals surface area (Å²) in [5.41, 5.74) is 2.99. The molecule has 0 radical (unpaired) electrons. The van der Waals surface area contributed by atoms with Crippen molar-refractivity contribution in [1.82, 2.24) is 4.90 Å². The third-order valence-electron chi connectivity index (χ3n) is 5.47. The van der Waals surface area contributed by atoms with Gasteiger partial charge < -0.3 is 5.11 Å². The zero-order chi connectivity index (χ0) is 13.6. The van der Waals surface area contributed by atoms with Crippen LogP contribution in [-0.2, 0) is 11.8 Å². The summed E-state index contributed by atoms with van der Waals surface area (Å²) in [5.74, 6) is 1.02. The lowest BCUT2D eigenvalue weighted by atomic mass is 9.59. The number of rotatable bonds is 2. The Morgan fingerprint density at radius 2 is 2.25 bits per heavy atom. The lowest BCUT2D eigenvalue weighted by Crippen LogP contribution is -2.57. The molecule has 0 unspecified atom stereocenters. The van der Waals surface area contributed by atoms with Gasteiger partial charge in [0.25, 0.3) is 0 Å². The monoisotopic (exact) mass is 293 g/mol. The van der Waals surface area contributed by atoms with Crippen molar-refractivity contribution in [3.63, 3.8) is 0 Å². The van der Waals surface area contributed by atoms with Gasteiger partial charge in [0, 0.05) is 12.6 Å². The number of aromatic hydroxyl groups is 1. The van der Waals surface area contributed by atoms with Gasteiger partial charge in [-0.2, -0.15) is 0 Å². The summed E-state index contributed by atoms with van der Waals surface area (Å²) < 4.78 is 0. The van der Waals surface area contributed by atoms with E-state index in [0.717, 1.165) is 25.9 Å². The van der Waals surface area contributed by atoms with Crippen LogP contribution in [0.2, 0.25) is 0 Å². The molecule has 20 heavy (non-hydrogen) atoms. The third kappa shape index (κ3) is 2.15. The van der Waals surface area contributed by atoms with Crippen LogP contribution in [0.25, 0.3) is 0 Å². The Bertz CT molecular complexity index is 516. The Morgan fingerprint density at radius 3 is 2.95 bits per heavy atom. The van der Waals surface area contributed by atoms with Gasteiger partial charge in [-0.3, -0.25) is 4.90 Å². The van der Waals surface area contributed by atoms with E-state index in [1.165, 1.54) is 11.1 Å². The molecule has 1 saturated heterocycles. The molecule has 0 amide bonds. The average Bonchev–Trinajstić information content (AvgIpc) is 2.38. The first-order valence-corrected chi connectivity index (χ1v) is 7.23. The van der Waals surface area contributed by atoms with Crippen molar-refractivity contribution < 1.29 is 5.11 Å². The van der Waals surface area contributed by atoms with E-state index in [4.69, 9.17) is 0 Å². The Kier molecular flexibility index (Phi) is 4.17. The number of fused-ring (bicyclic) bond motifs is 4. The first kappa shape index (κ1) is 15.4. The molecule has 2 nitrogen and oxygen atoms in total. The smallest absolute Gasteiger partial charge is 0.115 e. The fraction of sp³-hybridized carbons (Fsp3) is 0.529. The lowest BCUT2D eigenvalue weighted by Gasteiger charge is -2.54. The molecule has 0 spiro atoms. The zero-order valence-electron chi connectivity index (χ0n) is 12.3. The molecule has 1 aliphatic heterocycles. The largest absolute Gasteiger partial charge is 0.508 e. The molecule has 1 fully saturated rings. The van der Waals surface area contributed by atoms with Gasteiger partial charge in [0.15, 0.2) is 0 Å². The summed E-state index contributed by atoms with van der Waals surface area (Å²) in [6, 6.07) is 6.53. The van der Waals surface area contributed by atoms with E-state index in [0.29, 0.717) is 17.7 Å². The number of phenols is 1. The van der Waals surface area contributed by atoms with E-state index < -0.39 is 0 Å². The van der Waals surface area contributed by atoms with Crippen LogP contribution in [0.4, 0.5) is 0 Å². The average molecular weight is 294 g/mol. The molecule has 0 aromatic heterocycles. The maximum Gasteiger partial charge on any atom is 0.115 e. The second kappa shape index (κ2) is 5.42. The summed E-state index contributed by atoms with van der Waals surface area (Å²) in [6.45, 7) is 10.7. The minimum Gasteiger partial charge on any atom is -0.508 e. The minimum absolute atomic E-state index is 0. The van der Waals surface area contributed by atoms with Crippen molar-refractivity contribution in [3.05, 3.63) is 42.0 Å². The quantitative estimate of drug-likeness (QED) is 0.843. The van der Waals surface area contributed by atoms with Crippen molar-refractivity contribution in [2.75, 3.05) is 13.1 Å². The highest BCUT2D eigenvalue weighted by Gasteiger charge is 2.48. The highest BCUT2D eigenvalue weighted by molar-refractivity contribution is 5.85. The van der Waals surface area contributed by atoms with Crippen molar-refractivity contribution >= 4 is 12.4 Å². The van der Waals surface area contributed by atoms with Crippen molar-refractivity contribution in [3.8, 4) is 5.75 Å². The zero-order valence-corrected chi connectivity index (χ0v) is 13.1. The molecular formula is C17H24ClNO. The molecule has 1 aliphatic carbocycles. The summed E-state index contributed by atoms with van der Waals surface area (Å²) in [7, 11) is 0. The fourth-order valence-electron chi connectivity index (χ4n) is 4.09. The van der Waals surface area contributed by atoms with Crippen LogP contribution in [0, 0.1) is 5.92 Å². The normalized spacial score (nSPS) is 32.1. The number of phenolic OH excluding ortho intramolecular Hbond substituents is 1. The molecule has 1 heterocycles. The van der Waals surface area contributed by atoms with Crippen LogP contribution >= 0.6 is 12.4 Å². The van der Waals surface area contributed by atoms with Crippen molar-refractivity contribution in [1.29, 1.82) is 0 Å². The highest BCUT2D eigenvalue weighted by atomic mass is 35.5. The summed E-state index contributed by atoms with van der Waals surface area (Å²) in [6.07, 6.45) is 4.27. The number of likely N-dealkylation sites (tertiary alicyclic amines) is 1. The standard InChI is InChI=1S/C17H23NO.ClH/c1-4-8-18-9-7-17(3)12(2)16(18)10-13-5-6-14(19)11-15(13)17;/h4-6,11-12,16,19H,1,7-10H2,2-3H3;1H/t12-,16+,17+;/m1./s1. The van der Waals surface area contributed by atoms with Crippen molar-refractivity contribution in [2.24, 2.45) is 5.92 Å². The molecule has 3 rings (SSSR count). The summed E-state index contributed by atoms with van der Waals surface area (Å²) in [4.78, 5) is 2.56. The Morgan fingerprint density at radius 1 is 1.50 bits per heavy atom. The number of benzene rings is 1. The fourth-order valence-corrected chi connectivity index (χ4v) is 4.09. The number of piperidine rings is 1. The van der Waals surface area contributed by atoms with Crippen LogP contribution < -0.4 is 0 Å². The van der Waals surface area contributed by atoms with Crippen molar-refractivity contribution in [2.45, 2.75) is 38.1 Å².